The maximum absolute atomic E-state index is 5.23. The summed E-state index contributed by atoms with van der Waals surface area (Å²) >= 11 is 0. The zero-order valence-corrected chi connectivity index (χ0v) is 30.5. The van der Waals surface area contributed by atoms with E-state index in [1.54, 1.807) is 24.8 Å². The Kier molecular flexibility index (Phi) is 7.66. The molecule has 0 aliphatic heterocycles. The number of fused-ring (bicyclic) bond motifs is 7. The van der Waals surface area contributed by atoms with Crippen LogP contribution in [0.4, 0.5) is 0 Å². The lowest BCUT2D eigenvalue weighted by Crippen LogP contribution is -2.08. The molecule has 0 radical (unpaired) electrons. The van der Waals surface area contributed by atoms with E-state index in [0.29, 0.717) is 40.4 Å². The minimum atomic E-state index is 0.431. The van der Waals surface area contributed by atoms with Gasteiger partial charge in [0.05, 0.1) is 33.2 Å². The number of benzene rings is 5. The van der Waals surface area contributed by atoms with Gasteiger partial charge in [0.2, 0.25) is 5.95 Å². The number of rotatable bonds is 6. The molecule has 0 fully saturated rings. The van der Waals surface area contributed by atoms with Crippen LogP contribution in [0.3, 0.4) is 0 Å². The minimum Gasteiger partial charge on any atom is -0.307 e. The molecule has 0 saturated carbocycles. The van der Waals surface area contributed by atoms with E-state index >= 15 is 0 Å². The number of hydrogen-bond acceptors (Lipinski definition) is 7. The normalized spacial score (nSPS) is 12.8. The second kappa shape index (κ2) is 13.4. The summed E-state index contributed by atoms with van der Waals surface area (Å²) in [6.45, 7) is 0. The van der Waals surface area contributed by atoms with Crippen LogP contribution in [0.1, 0.15) is 6.42 Å². The molecule has 9 heteroatoms. The summed E-state index contributed by atoms with van der Waals surface area (Å²) in [6, 6.07) is 41.3. The third-order valence-corrected chi connectivity index (χ3v) is 10.4. The van der Waals surface area contributed by atoms with Crippen LogP contribution in [0.2, 0.25) is 0 Å². The lowest BCUT2D eigenvalue weighted by Gasteiger charge is -2.13. The molecule has 9 nitrogen and oxygen atoms in total. The number of hydrogen-bond donors (Lipinski definition) is 0. The molecule has 5 aromatic carbocycles. The summed E-state index contributed by atoms with van der Waals surface area (Å²) in [7, 11) is 0. The van der Waals surface area contributed by atoms with Crippen molar-refractivity contribution in [3.63, 3.8) is 0 Å². The van der Waals surface area contributed by atoms with E-state index in [-0.39, 0.29) is 0 Å². The van der Waals surface area contributed by atoms with Gasteiger partial charge >= 0.3 is 0 Å². The molecule has 5 aromatic heterocycles. The maximum atomic E-state index is 5.23. The molecule has 0 unspecified atom stereocenters. The molecule has 57 heavy (non-hydrogen) atoms. The van der Waals surface area contributed by atoms with E-state index in [4.69, 9.17) is 34.9 Å². The van der Waals surface area contributed by atoms with Crippen molar-refractivity contribution in [2.75, 3.05) is 0 Å². The Bertz CT molecular complexity index is 3130. The Labute approximate surface area is 326 Å². The summed E-state index contributed by atoms with van der Waals surface area (Å²) in [5.74, 6) is 2.55. The summed E-state index contributed by atoms with van der Waals surface area (Å²) in [5, 5.41) is 4.47. The molecular weight excluding hydrogens is 703 g/mol. The fourth-order valence-corrected chi connectivity index (χ4v) is 7.78. The monoisotopic (exact) mass is 733 g/mol. The summed E-state index contributed by atoms with van der Waals surface area (Å²) in [6.07, 6.45) is 18.8. The van der Waals surface area contributed by atoms with E-state index in [0.717, 1.165) is 66.9 Å². The third kappa shape index (κ3) is 5.52. The van der Waals surface area contributed by atoms with Crippen LogP contribution in [0.15, 0.2) is 176 Å². The van der Waals surface area contributed by atoms with Crippen LogP contribution in [-0.4, -0.2) is 44.0 Å². The van der Waals surface area contributed by atoms with E-state index in [2.05, 4.69) is 100 Å². The van der Waals surface area contributed by atoms with E-state index < -0.39 is 0 Å². The first-order valence-corrected chi connectivity index (χ1v) is 18.8. The molecule has 5 heterocycles. The van der Waals surface area contributed by atoms with Gasteiger partial charge in [-0.25, -0.2) is 24.9 Å². The van der Waals surface area contributed by atoms with Crippen molar-refractivity contribution in [3.05, 3.63) is 176 Å². The van der Waals surface area contributed by atoms with Crippen molar-refractivity contribution in [1.82, 2.24) is 44.0 Å². The van der Waals surface area contributed by atoms with Gasteiger partial charge in [0.25, 0.3) is 0 Å². The van der Waals surface area contributed by atoms with Crippen molar-refractivity contribution in [2.24, 2.45) is 0 Å². The van der Waals surface area contributed by atoms with E-state index in [1.165, 1.54) is 0 Å². The van der Waals surface area contributed by atoms with Gasteiger partial charge in [0.1, 0.15) is 0 Å². The second-order valence-corrected chi connectivity index (χ2v) is 13.8. The highest BCUT2D eigenvalue weighted by Crippen LogP contribution is 2.41. The molecule has 0 bridgehead atoms. The lowest BCUT2D eigenvalue weighted by molar-refractivity contribution is 0.948. The molecule has 0 amide bonds. The zero-order valence-electron chi connectivity index (χ0n) is 30.5. The lowest BCUT2D eigenvalue weighted by atomic mass is 10.1. The van der Waals surface area contributed by atoms with Gasteiger partial charge in [0, 0.05) is 63.2 Å². The van der Waals surface area contributed by atoms with Crippen molar-refractivity contribution >= 4 is 49.3 Å². The molecule has 0 spiro atoms. The topological polar surface area (TPSA) is 100 Å². The number of allylic oxidation sites excluding steroid dienone is 6. The largest absolute Gasteiger partial charge is 0.307 e. The van der Waals surface area contributed by atoms with Crippen molar-refractivity contribution < 1.29 is 0 Å². The van der Waals surface area contributed by atoms with Crippen molar-refractivity contribution in [3.8, 4) is 51.5 Å². The Morgan fingerprint density at radius 2 is 0.895 bits per heavy atom. The van der Waals surface area contributed by atoms with Crippen molar-refractivity contribution in [2.45, 2.75) is 6.42 Å². The fourth-order valence-electron chi connectivity index (χ4n) is 7.78. The van der Waals surface area contributed by atoms with Gasteiger partial charge in [-0.3, -0.25) is 4.57 Å². The van der Waals surface area contributed by atoms with Crippen LogP contribution in [0.25, 0.3) is 101 Å². The van der Waals surface area contributed by atoms with Gasteiger partial charge in [0.15, 0.2) is 23.3 Å². The highest BCUT2D eigenvalue weighted by Gasteiger charge is 2.24. The predicted octanol–water partition coefficient (Wildman–Crippen LogP) is 10.7. The molecule has 1 aliphatic carbocycles. The smallest absolute Gasteiger partial charge is 0.238 e. The Morgan fingerprint density at radius 3 is 1.46 bits per heavy atom. The third-order valence-electron chi connectivity index (χ3n) is 10.4. The quantitative estimate of drug-likeness (QED) is 0.168. The number of aromatic nitrogens is 9. The minimum absolute atomic E-state index is 0.431. The molecule has 0 atom stereocenters. The Balaban J connectivity index is 1.20. The average Bonchev–Trinajstić information content (AvgIpc) is 3.66. The van der Waals surface area contributed by atoms with E-state index in [1.807, 2.05) is 60.7 Å². The number of para-hydroxylation sites is 2. The Hall–Kier alpha value is -7.91. The van der Waals surface area contributed by atoms with Gasteiger partial charge in [-0.1, -0.05) is 127 Å². The highest BCUT2D eigenvalue weighted by molar-refractivity contribution is 6.24. The molecule has 0 saturated heterocycles. The second-order valence-electron chi connectivity index (χ2n) is 13.8. The summed E-state index contributed by atoms with van der Waals surface area (Å²) in [4.78, 5) is 34.4. The van der Waals surface area contributed by atoms with Gasteiger partial charge < -0.3 is 4.57 Å². The zero-order chi connectivity index (χ0) is 37.7. The van der Waals surface area contributed by atoms with Crippen LogP contribution in [-0.2, 0) is 0 Å². The average molecular weight is 734 g/mol. The van der Waals surface area contributed by atoms with Crippen LogP contribution in [0.5, 0.6) is 0 Å². The van der Waals surface area contributed by atoms with Crippen LogP contribution < -0.4 is 0 Å². The SMILES string of the molecule is C1=CCC=CC(n2c3ccccc3c3ccc4c5ccccc5n(-c5nc(-c6cnc(-c7ccccc7)nc6)nc(-c6cnc(-c7ccccc7)nc6)n5)c4c32)=C1. The van der Waals surface area contributed by atoms with Crippen LogP contribution >= 0.6 is 0 Å². The van der Waals surface area contributed by atoms with E-state index in [9.17, 15) is 0 Å². The Morgan fingerprint density at radius 1 is 0.404 bits per heavy atom. The van der Waals surface area contributed by atoms with Crippen LogP contribution in [0, 0.1) is 0 Å². The molecule has 10 aromatic rings. The first-order valence-electron chi connectivity index (χ1n) is 18.8. The molecule has 268 valence electrons. The number of nitrogens with zero attached hydrogens (tertiary/aromatic N) is 9. The predicted molar refractivity (Wildman–Crippen MR) is 227 cm³/mol. The van der Waals surface area contributed by atoms with Gasteiger partial charge in [-0.15, -0.1) is 0 Å². The molecule has 11 rings (SSSR count). The summed E-state index contributed by atoms with van der Waals surface area (Å²) < 4.78 is 4.54. The molecule has 1 aliphatic rings. The molecule has 0 N–H and O–H groups in total. The fraction of sp³-hybridized carbons (Fsp3) is 0.0208. The van der Waals surface area contributed by atoms with Gasteiger partial charge in [-0.2, -0.15) is 9.97 Å². The highest BCUT2D eigenvalue weighted by atomic mass is 15.2. The standard InChI is InChI=1S/C48H31N9/c1-2-10-20-35(19-9-1)56-40-23-13-11-21-36(40)38-25-26-39-37-22-12-14-24-41(37)57(43(39)42(38)56)48-54-46(33-27-49-44(50-28-33)31-15-5-3-6-16-31)53-47(55-48)34-29-51-45(52-30-34)32-17-7-4-8-18-32/h1,3-30H,2H2. The molecular formula is C48H31N9. The first-order chi connectivity index (χ1) is 28.3. The first kappa shape index (κ1) is 32.5. The van der Waals surface area contributed by atoms with Gasteiger partial charge in [-0.05, 0) is 30.7 Å². The van der Waals surface area contributed by atoms with Crippen molar-refractivity contribution in [1.29, 1.82) is 0 Å². The maximum Gasteiger partial charge on any atom is 0.238 e. The summed E-state index contributed by atoms with van der Waals surface area (Å²) in [5.41, 5.74) is 8.37.